The van der Waals surface area contributed by atoms with Crippen molar-refractivity contribution in [3.8, 4) is 5.75 Å². The van der Waals surface area contributed by atoms with Crippen molar-refractivity contribution in [2.24, 2.45) is 0 Å². The maximum absolute atomic E-state index is 11.9. The van der Waals surface area contributed by atoms with Crippen molar-refractivity contribution < 1.29 is 14.6 Å². The Morgan fingerprint density at radius 2 is 2.12 bits per heavy atom. The smallest absolute Gasteiger partial charge is 0.166 e. The zero-order valence-electron chi connectivity index (χ0n) is 9.82. The molecule has 1 N–H and O–H groups in total. The molecule has 1 aromatic carbocycles. The van der Waals surface area contributed by atoms with Gasteiger partial charge in [0.05, 0.1) is 12.7 Å². The van der Waals surface area contributed by atoms with Gasteiger partial charge in [0.25, 0.3) is 0 Å². The van der Waals surface area contributed by atoms with E-state index in [4.69, 9.17) is 9.84 Å². The van der Waals surface area contributed by atoms with Crippen LogP contribution in [0.3, 0.4) is 0 Å². The Kier molecular flexibility index (Phi) is 4.99. The summed E-state index contributed by atoms with van der Waals surface area (Å²) >= 11 is 0. The van der Waals surface area contributed by atoms with Crippen molar-refractivity contribution in [2.75, 3.05) is 13.7 Å². The highest BCUT2D eigenvalue weighted by atomic mass is 16.5. The van der Waals surface area contributed by atoms with Crippen LogP contribution in [0, 0.1) is 6.92 Å². The van der Waals surface area contributed by atoms with Crippen LogP contribution in [-0.4, -0.2) is 24.6 Å². The molecule has 0 aromatic heterocycles. The molecule has 88 valence electrons. The Labute approximate surface area is 96.1 Å². The molecule has 0 radical (unpaired) electrons. The molecule has 16 heavy (non-hydrogen) atoms. The predicted molar refractivity (Wildman–Crippen MR) is 63.0 cm³/mol. The van der Waals surface area contributed by atoms with E-state index < -0.39 is 0 Å². The lowest BCUT2D eigenvalue weighted by atomic mass is 10.0. The maximum Gasteiger partial charge on any atom is 0.166 e. The van der Waals surface area contributed by atoms with Gasteiger partial charge in [0.15, 0.2) is 5.78 Å². The monoisotopic (exact) mass is 222 g/mol. The molecule has 1 aromatic rings. The molecule has 3 heteroatoms. The van der Waals surface area contributed by atoms with Gasteiger partial charge in [-0.15, -0.1) is 0 Å². The minimum atomic E-state index is 0.0778. The Hall–Kier alpha value is -1.35. The Balaban J connectivity index is 2.78. The van der Waals surface area contributed by atoms with E-state index in [0.29, 0.717) is 30.6 Å². The van der Waals surface area contributed by atoms with Gasteiger partial charge in [-0.2, -0.15) is 0 Å². The normalized spacial score (nSPS) is 10.2. The van der Waals surface area contributed by atoms with Crippen LogP contribution in [-0.2, 0) is 0 Å². The largest absolute Gasteiger partial charge is 0.496 e. The van der Waals surface area contributed by atoms with Crippen LogP contribution in [0.5, 0.6) is 5.75 Å². The number of hydrogen-bond donors (Lipinski definition) is 1. The van der Waals surface area contributed by atoms with E-state index in [2.05, 4.69) is 0 Å². The summed E-state index contributed by atoms with van der Waals surface area (Å²) in [5.74, 6) is 0.741. The molecule has 1 rings (SSSR count). The molecule has 0 fully saturated rings. The summed E-state index contributed by atoms with van der Waals surface area (Å²) in [6.45, 7) is 2.06. The SMILES string of the molecule is COc1c(C)cccc1C(=O)CCCCO. The van der Waals surface area contributed by atoms with E-state index in [1.807, 2.05) is 19.1 Å². The third kappa shape index (κ3) is 3.07. The summed E-state index contributed by atoms with van der Waals surface area (Å²) in [5.41, 5.74) is 1.61. The van der Waals surface area contributed by atoms with E-state index in [1.165, 1.54) is 0 Å². The first kappa shape index (κ1) is 12.7. The third-order valence-electron chi connectivity index (χ3n) is 2.53. The quantitative estimate of drug-likeness (QED) is 0.593. The van der Waals surface area contributed by atoms with Gasteiger partial charge in [0.1, 0.15) is 5.75 Å². The van der Waals surface area contributed by atoms with Crippen LogP contribution in [0.4, 0.5) is 0 Å². The molecule has 0 aliphatic heterocycles. The van der Waals surface area contributed by atoms with Crippen molar-refractivity contribution in [3.05, 3.63) is 29.3 Å². The number of carbonyl (C=O) groups is 1. The Bertz CT molecular complexity index is 358. The van der Waals surface area contributed by atoms with Crippen LogP contribution < -0.4 is 4.74 Å². The highest BCUT2D eigenvalue weighted by Crippen LogP contribution is 2.24. The first-order valence-electron chi connectivity index (χ1n) is 5.48. The van der Waals surface area contributed by atoms with Crippen molar-refractivity contribution in [2.45, 2.75) is 26.2 Å². The zero-order chi connectivity index (χ0) is 12.0. The number of unbranched alkanes of at least 4 members (excludes halogenated alkanes) is 1. The summed E-state index contributed by atoms with van der Waals surface area (Å²) in [6, 6.07) is 5.56. The van der Waals surface area contributed by atoms with Crippen LogP contribution in [0.15, 0.2) is 18.2 Å². The first-order chi connectivity index (χ1) is 7.70. The molecule has 0 atom stereocenters. The number of aliphatic hydroxyl groups excluding tert-OH is 1. The molecular weight excluding hydrogens is 204 g/mol. The second kappa shape index (κ2) is 6.28. The lowest BCUT2D eigenvalue weighted by molar-refractivity contribution is 0.0974. The number of rotatable bonds is 6. The maximum atomic E-state index is 11.9. The summed E-state index contributed by atoms with van der Waals surface area (Å²) in [6.07, 6.45) is 1.84. The third-order valence-corrected chi connectivity index (χ3v) is 2.53. The number of benzene rings is 1. The minimum absolute atomic E-state index is 0.0778. The molecule has 0 spiro atoms. The lowest BCUT2D eigenvalue weighted by Crippen LogP contribution is -2.03. The summed E-state index contributed by atoms with van der Waals surface area (Å²) < 4.78 is 5.23. The Morgan fingerprint density at radius 3 is 2.75 bits per heavy atom. The Morgan fingerprint density at radius 1 is 1.38 bits per heavy atom. The second-order valence-electron chi connectivity index (χ2n) is 3.76. The van der Waals surface area contributed by atoms with Crippen LogP contribution in [0.2, 0.25) is 0 Å². The van der Waals surface area contributed by atoms with E-state index >= 15 is 0 Å². The highest BCUT2D eigenvalue weighted by Gasteiger charge is 2.12. The number of aryl methyl sites for hydroxylation is 1. The number of hydrogen-bond acceptors (Lipinski definition) is 3. The van der Waals surface area contributed by atoms with Gasteiger partial charge in [0.2, 0.25) is 0 Å². The van der Waals surface area contributed by atoms with Crippen LogP contribution >= 0.6 is 0 Å². The van der Waals surface area contributed by atoms with Crippen molar-refractivity contribution in [3.63, 3.8) is 0 Å². The number of ketones is 1. The van der Waals surface area contributed by atoms with E-state index in [0.717, 1.165) is 5.56 Å². The zero-order valence-corrected chi connectivity index (χ0v) is 9.82. The minimum Gasteiger partial charge on any atom is -0.496 e. The molecule has 0 saturated heterocycles. The van der Waals surface area contributed by atoms with Gasteiger partial charge in [-0.1, -0.05) is 12.1 Å². The number of aliphatic hydroxyl groups is 1. The molecule has 0 unspecified atom stereocenters. The molecule has 0 heterocycles. The number of Topliss-reactive ketones (excluding diaryl/α,β-unsaturated/α-hetero) is 1. The second-order valence-corrected chi connectivity index (χ2v) is 3.76. The van der Waals surface area contributed by atoms with Crippen molar-refractivity contribution >= 4 is 5.78 Å². The number of ether oxygens (including phenoxy) is 1. The van der Waals surface area contributed by atoms with E-state index in [1.54, 1.807) is 13.2 Å². The topological polar surface area (TPSA) is 46.5 Å². The van der Waals surface area contributed by atoms with Gasteiger partial charge < -0.3 is 9.84 Å². The summed E-state index contributed by atoms with van der Waals surface area (Å²) in [4.78, 5) is 11.9. The van der Waals surface area contributed by atoms with Gasteiger partial charge in [0, 0.05) is 13.0 Å². The number of para-hydroxylation sites is 1. The molecule has 3 nitrogen and oxygen atoms in total. The molecule has 0 saturated carbocycles. The van der Waals surface area contributed by atoms with Crippen molar-refractivity contribution in [1.29, 1.82) is 0 Å². The van der Waals surface area contributed by atoms with Gasteiger partial charge in [-0.3, -0.25) is 4.79 Å². The average molecular weight is 222 g/mol. The molecule has 0 aliphatic carbocycles. The van der Waals surface area contributed by atoms with Crippen molar-refractivity contribution in [1.82, 2.24) is 0 Å². The fourth-order valence-electron chi connectivity index (χ4n) is 1.68. The predicted octanol–water partition coefficient (Wildman–Crippen LogP) is 2.35. The average Bonchev–Trinajstić information content (AvgIpc) is 2.29. The molecule has 0 aliphatic rings. The fourth-order valence-corrected chi connectivity index (χ4v) is 1.68. The molecule has 0 bridgehead atoms. The number of carbonyl (C=O) groups excluding carboxylic acids is 1. The van der Waals surface area contributed by atoms with Crippen LogP contribution in [0.25, 0.3) is 0 Å². The van der Waals surface area contributed by atoms with E-state index in [-0.39, 0.29) is 12.4 Å². The van der Waals surface area contributed by atoms with Gasteiger partial charge in [-0.05, 0) is 31.4 Å². The van der Waals surface area contributed by atoms with Gasteiger partial charge >= 0.3 is 0 Å². The highest BCUT2D eigenvalue weighted by molar-refractivity contribution is 5.99. The summed E-state index contributed by atoms with van der Waals surface area (Å²) in [5, 5.41) is 8.66. The lowest BCUT2D eigenvalue weighted by Gasteiger charge is -2.09. The first-order valence-corrected chi connectivity index (χ1v) is 5.48. The summed E-state index contributed by atoms with van der Waals surface area (Å²) in [7, 11) is 1.58. The van der Waals surface area contributed by atoms with Gasteiger partial charge in [-0.25, -0.2) is 0 Å². The fraction of sp³-hybridized carbons (Fsp3) is 0.462. The van der Waals surface area contributed by atoms with E-state index in [9.17, 15) is 4.79 Å². The molecular formula is C13H18O3. The molecule has 0 amide bonds. The number of methoxy groups -OCH3 is 1. The van der Waals surface area contributed by atoms with Crippen LogP contribution in [0.1, 0.15) is 35.2 Å². The standard InChI is InChI=1S/C13H18O3/c1-10-6-5-7-11(13(10)16-2)12(15)8-3-4-9-14/h5-7,14H,3-4,8-9H2,1-2H3.